The third-order valence-electron chi connectivity index (χ3n) is 3.19. The van der Waals surface area contributed by atoms with Crippen molar-refractivity contribution in [2.45, 2.75) is 12.5 Å². The van der Waals surface area contributed by atoms with Crippen LogP contribution in [0, 0.1) is 0 Å². The number of thiocarbonyl (C=S) groups is 1. The lowest BCUT2D eigenvalue weighted by molar-refractivity contribution is 0.554. The molecule has 2 aromatic carbocycles. The van der Waals surface area contributed by atoms with E-state index in [1.54, 1.807) is 0 Å². The van der Waals surface area contributed by atoms with Crippen molar-refractivity contribution in [3.05, 3.63) is 71.8 Å². The van der Waals surface area contributed by atoms with Gasteiger partial charge in [-0.1, -0.05) is 60.7 Å². The second-order valence-corrected chi connectivity index (χ2v) is 5.38. The van der Waals surface area contributed by atoms with Crippen molar-refractivity contribution >= 4 is 17.3 Å². The Hall–Kier alpha value is -1.87. The fourth-order valence-corrected chi connectivity index (χ4v) is 2.21. The molecule has 0 aromatic heterocycles. The quantitative estimate of drug-likeness (QED) is 0.866. The van der Waals surface area contributed by atoms with Gasteiger partial charge in [-0.15, -0.1) is 0 Å². The van der Waals surface area contributed by atoms with Crippen LogP contribution >= 0.6 is 12.2 Å². The molecule has 1 atom stereocenters. The van der Waals surface area contributed by atoms with Crippen LogP contribution in [0.15, 0.2) is 60.7 Å². The molecule has 0 bridgehead atoms. The lowest BCUT2D eigenvalue weighted by atomic mass is 9.99. The SMILES string of the molecule is CN(C)C(=S)N[C@H](Cc1ccccc1)c1ccccc1. The number of hydrogen-bond donors (Lipinski definition) is 1. The summed E-state index contributed by atoms with van der Waals surface area (Å²) in [5.41, 5.74) is 2.55. The van der Waals surface area contributed by atoms with E-state index in [9.17, 15) is 0 Å². The molecule has 0 aliphatic rings. The third-order valence-corrected chi connectivity index (χ3v) is 3.67. The Bertz CT molecular complexity index is 537. The molecule has 104 valence electrons. The fourth-order valence-electron chi connectivity index (χ4n) is 2.07. The van der Waals surface area contributed by atoms with E-state index in [4.69, 9.17) is 12.2 Å². The van der Waals surface area contributed by atoms with Crippen molar-refractivity contribution in [2.75, 3.05) is 14.1 Å². The molecular weight excluding hydrogens is 264 g/mol. The van der Waals surface area contributed by atoms with Crippen molar-refractivity contribution < 1.29 is 0 Å². The van der Waals surface area contributed by atoms with Crippen molar-refractivity contribution in [3.8, 4) is 0 Å². The van der Waals surface area contributed by atoms with E-state index in [0.717, 1.165) is 11.5 Å². The normalized spacial score (nSPS) is 11.7. The second kappa shape index (κ2) is 7.06. The van der Waals surface area contributed by atoms with Crippen LogP contribution < -0.4 is 5.32 Å². The van der Waals surface area contributed by atoms with Gasteiger partial charge in [-0.2, -0.15) is 0 Å². The van der Waals surface area contributed by atoms with Gasteiger partial charge in [0.05, 0.1) is 6.04 Å². The third kappa shape index (κ3) is 4.07. The first-order valence-corrected chi connectivity index (χ1v) is 7.14. The van der Waals surface area contributed by atoms with Gasteiger partial charge >= 0.3 is 0 Å². The number of nitrogens with zero attached hydrogens (tertiary/aromatic N) is 1. The average Bonchev–Trinajstić information content (AvgIpc) is 2.48. The van der Waals surface area contributed by atoms with Crippen LogP contribution in [0.5, 0.6) is 0 Å². The highest BCUT2D eigenvalue weighted by Crippen LogP contribution is 2.18. The number of rotatable bonds is 4. The summed E-state index contributed by atoms with van der Waals surface area (Å²) < 4.78 is 0. The molecule has 2 nitrogen and oxygen atoms in total. The highest BCUT2D eigenvalue weighted by Gasteiger charge is 2.14. The van der Waals surface area contributed by atoms with Gasteiger partial charge in [0, 0.05) is 14.1 Å². The molecule has 0 aliphatic heterocycles. The van der Waals surface area contributed by atoms with Crippen LogP contribution in [0.25, 0.3) is 0 Å². The second-order valence-electron chi connectivity index (χ2n) is 5.00. The molecule has 3 heteroatoms. The van der Waals surface area contributed by atoms with E-state index >= 15 is 0 Å². The van der Waals surface area contributed by atoms with Crippen molar-refractivity contribution in [3.63, 3.8) is 0 Å². The Morgan fingerprint density at radius 1 is 1.00 bits per heavy atom. The molecule has 0 heterocycles. The lowest BCUT2D eigenvalue weighted by Gasteiger charge is -2.24. The largest absolute Gasteiger partial charge is 0.355 e. The first-order chi connectivity index (χ1) is 9.66. The topological polar surface area (TPSA) is 15.3 Å². The van der Waals surface area contributed by atoms with Crippen LogP contribution in [0.4, 0.5) is 0 Å². The van der Waals surface area contributed by atoms with Gasteiger partial charge in [-0.25, -0.2) is 0 Å². The minimum Gasteiger partial charge on any atom is -0.355 e. The molecule has 0 unspecified atom stereocenters. The van der Waals surface area contributed by atoms with E-state index in [2.05, 4.69) is 53.8 Å². The van der Waals surface area contributed by atoms with Crippen LogP contribution in [0.1, 0.15) is 17.2 Å². The predicted molar refractivity (Wildman–Crippen MR) is 88.7 cm³/mol. The average molecular weight is 284 g/mol. The Morgan fingerprint density at radius 3 is 2.10 bits per heavy atom. The fraction of sp³-hybridized carbons (Fsp3) is 0.235. The van der Waals surface area contributed by atoms with E-state index in [-0.39, 0.29) is 6.04 Å². The molecular formula is C17H20N2S. The summed E-state index contributed by atoms with van der Waals surface area (Å²) in [7, 11) is 3.92. The molecule has 2 rings (SSSR count). The van der Waals surface area contributed by atoms with Crippen molar-refractivity contribution in [1.29, 1.82) is 0 Å². The standard InChI is InChI=1S/C17H20N2S/c1-19(2)17(20)18-16(15-11-7-4-8-12-15)13-14-9-5-3-6-10-14/h3-12,16H,13H2,1-2H3,(H,18,20)/t16-/m1/s1. The Balaban J connectivity index is 2.18. The maximum atomic E-state index is 5.39. The summed E-state index contributed by atoms with van der Waals surface area (Å²) in [5.74, 6) is 0. The number of nitrogens with one attached hydrogen (secondary N) is 1. The smallest absolute Gasteiger partial charge is 0.168 e. The molecule has 0 fully saturated rings. The molecule has 1 N–H and O–H groups in total. The summed E-state index contributed by atoms with van der Waals surface area (Å²) in [6.07, 6.45) is 0.916. The van der Waals surface area contributed by atoms with Gasteiger partial charge in [-0.05, 0) is 29.8 Å². The molecule has 0 saturated carbocycles. The number of hydrogen-bond acceptors (Lipinski definition) is 1. The summed E-state index contributed by atoms with van der Waals surface area (Å²) in [4.78, 5) is 1.93. The molecule has 2 aromatic rings. The summed E-state index contributed by atoms with van der Waals surface area (Å²) in [5, 5.41) is 4.20. The minimum atomic E-state index is 0.188. The zero-order chi connectivity index (χ0) is 14.4. The van der Waals surface area contributed by atoms with E-state index in [1.807, 2.05) is 31.1 Å². The molecule has 0 radical (unpaired) electrons. The zero-order valence-electron chi connectivity index (χ0n) is 11.9. The molecule has 20 heavy (non-hydrogen) atoms. The minimum absolute atomic E-state index is 0.188. The van der Waals surface area contributed by atoms with Crippen molar-refractivity contribution in [2.24, 2.45) is 0 Å². The van der Waals surface area contributed by atoms with Gasteiger partial charge < -0.3 is 10.2 Å². The van der Waals surface area contributed by atoms with Gasteiger partial charge in [0.1, 0.15) is 0 Å². The van der Waals surface area contributed by atoms with Crippen LogP contribution in [0.3, 0.4) is 0 Å². The Kier molecular flexibility index (Phi) is 5.13. The predicted octanol–water partition coefficient (Wildman–Crippen LogP) is 3.41. The maximum Gasteiger partial charge on any atom is 0.168 e. The Morgan fingerprint density at radius 2 is 1.55 bits per heavy atom. The lowest BCUT2D eigenvalue weighted by Crippen LogP contribution is -2.37. The van der Waals surface area contributed by atoms with E-state index < -0.39 is 0 Å². The van der Waals surface area contributed by atoms with Gasteiger partial charge in [0.2, 0.25) is 0 Å². The first kappa shape index (κ1) is 14.5. The van der Waals surface area contributed by atoms with Crippen molar-refractivity contribution in [1.82, 2.24) is 10.2 Å². The first-order valence-electron chi connectivity index (χ1n) is 6.73. The van der Waals surface area contributed by atoms with Gasteiger partial charge in [0.15, 0.2) is 5.11 Å². The summed E-state index contributed by atoms with van der Waals surface area (Å²) in [6, 6.07) is 21.1. The number of benzene rings is 2. The highest BCUT2D eigenvalue weighted by molar-refractivity contribution is 7.80. The van der Waals surface area contributed by atoms with Gasteiger partial charge in [-0.3, -0.25) is 0 Å². The highest BCUT2D eigenvalue weighted by atomic mass is 32.1. The van der Waals surface area contributed by atoms with Crippen LogP contribution in [-0.4, -0.2) is 24.1 Å². The van der Waals surface area contributed by atoms with Gasteiger partial charge in [0.25, 0.3) is 0 Å². The van der Waals surface area contributed by atoms with E-state index in [1.165, 1.54) is 11.1 Å². The van der Waals surface area contributed by atoms with Crippen LogP contribution in [-0.2, 0) is 6.42 Å². The molecule has 0 spiro atoms. The summed E-state index contributed by atoms with van der Waals surface area (Å²) >= 11 is 5.39. The van der Waals surface area contributed by atoms with E-state index in [0.29, 0.717) is 0 Å². The molecule has 0 amide bonds. The molecule has 0 saturated heterocycles. The summed E-state index contributed by atoms with van der Waals surface area (Å²) in [6.45, 7) is 0. The Labute approximate surface area is 126 Å². The monoisotopic (exact) mass is 284 g/mol. The molecule has 0 aliphatic carbocycles. The maximum absolute atomic E-state index is 5.39. The zero-order valence-corrected chi connectivity index (χ0v) is 12.7. The van der Waals surface area contributed by atoms with Crippen LogP contribution in [0.2, 0.25) is 0 Å².